The first-order valence-electron chi connectivity index (χ1n) is 10.0. The number of rotatable bonds is 9. The monoisotopic (exact) mass is 500 g/mol. The van der Waals surface area contributed by atoms with Crippen molar-refractivity contribution in [2.24, 2.45) is 0 Å². The molecule has 0 radical (unpaired) electrons. The van der Waals surface area contributed by atoms with Gasteiger partial charge < -0.3 is 10.1 Å². The smallest absolute Gasteiger partial charge is 0.307 e. The predicted octanol–water partition coefficient (Wildman–Crippen LogP) is 5.79. The predicted molar refractivity (Wildman–Crippen MR) is 127 cm³/mol. The number of non-ortho nitro benzene ring substituents is 1. The fraction of sp³-hybridized carbons (Fsp3) is 0.125. The number of hydrogen-bond acceptors (Lipinski definition) is 6. The van der Waals surface area contributed by atoms with Gasteiger partial charge in [0.1, 0.15) is 0 Å². The average molecular weight is 501 g/mol. The highest BCUT2D eigenvalue weighted by Gasteiger charge is 2.27. The molecule has 1 atom stereocenters. The van der Waals surface area contributed by atoms with Gasteiger partial charge in [0.25, 0.3) is 5.69 Å². The van der Waals surface area contributed by atoms with Crippen LogP contribution in [0.2, 0.25) is 10.0 Å². The van der Waals surface area contributed by atoms with Crippen molar-refractivity contribution in [3.63, 3.8) is 0 Å². The van der Waals surface area contributed by atoms with Gasteiger partial charge in [0.05, 0.1) is 27.1 Å². The van der Waals surface area contributed by atoms with Crippen LogP contribution in [-0.4, -0.2) is 22.6 Å². The lowest BCUT2D eigenvalue weighted by atomic mass is 9.99. The number of nitrogens with one attached hydrogen (secondary N) is 1. The maximum atomic E-state index is 13.0. The summed E-state index contributed by atoms with van der Waals surface area (Å²) in [7, 11) is 0. The first kappa shape index (κ1) is 24.9. The molecule has 1 amide bonds. The number of carbonyl (C=O) groups excluding carboxylic acids is 3. The van der Waals surface area contributed by atoms with Crippen LogP contribution < -0.4 is 5.32 Å². The summed E-state index contributed by atoms with van der Waals surface area (Å²) in [6.45, 7) is 0. The van der Waals surface area contributed by atoms with Crippen molar-refractivity contribution in [3.05, 3.63) is 104 Å². The molecular formula is C24H18Cl2N2O6. The van der Waals surface area contributed by atoms with Gasteiger partial charge in [-0.3, -0.25) is 24.5 Å². The Balaban J connectivity index is 1.70. The number of carbonyl (C=O) groups is 3. The van der Waals surface area contributed by atoms with Crippen LogP contribution in [0.1, 0.15) is 34.9 Å². The van der Waals surface area contributed by atoms with Gasteiger partial charge in [-0.25, -0.2) is 0 Å². The molecule has 0 unspecified atom stereocenters. The van der Waals surface area contributed by atoms with Crippen molar-refractivity contribution < 1.29 is 24.0 Å². The second-order valence-corrected chi connectivity index (χ2v) is 7.88. The molecule has 0 aliphatic carbocycles. The van der Waals surface area contributed by atoms with E-state index in [9.17, 15) is 24.5 Å². The summed E-state index contributed by atoms with van der Waals surface area (Å²) < 4.78 is 5.41. The van der Waals surface area contributed by atoms with Crippen molar-refractivity contribution in [1.82, 2.24) is 0 Å². The largest absolute Gasteiger partial charge is 0.449 e. The molecule has 0 spiro atoms. The summed E-state index contributed by atoms with van der Waals surface area (Å²) in [5.41, 5.74) is 0.697. The number of nitro groups is 1. The quantitative estimate of drug-likeness (QED) is 0.172. The second-order valence-electron chi connectivity index (χ2n) is 7.10. The molecule has 0 saturated carbocycles. The van der Waals surface area contributed by atoms with E-state index in [1.165, 1.54) is 24.3 Å². The van der Waals surface area contributed by atoms with Crippen LogP contribution in [0.4, 0.5) is 11.4 Å². The van der Waals surface area contributed by atoms with Crippen molar-refractivity contribution in [2.75, 3.05) is 5.32 Å². The molecule has 1 N–H and O–H groups in total. The Morgan fingerprint density at radius 1 is 0.912 bits per heavy atom. The van der Waals surface area contributed by atoms with Gasteiger partial charge in [-0.15, -0.1) is 0 Å². The van der Waals surface area contributed by atoms with Crippen molar-refractivity contribution in [2.45, 2.75) is 18.9 Å². The SMILES string of the molecule is O=C(CCC(=O)O[C@H](C(=O)c1ccccc1)c1ccc([N+](=O)[O-])cc1)Nc1cccc(Cl)c1Cl. The zero-order chi connectivity index (χ0) is 24.7. The number of nitro benzene ring substituents is 1. The molecule has 174 valence electrons. The zero-order valence-corrected chi connectivity index (χ0v) is 19.1. The number of anilines is 1. The Morgan fingerprint density at radius 2 is 1.59 bits per heavy atom. The first-order chi connectivity index (χ1) is 16.3. The standard InChI is InChI=1S/C24H18Cl2N2O6/c25-18-7-4-8-19(22(18)26)27-20(29)13-14-21(30)34-24(23(31)15-5-2-1-3-6-15)16-9-11-17(12-10-16)28(32)33/h1-12,24H,13-14H2,(H,27,29)/t24-/m0/s1. The van der Waals surface area contributed by atoms with E-state index in [1.54, 1.807) is 48.5 Å². The van der Waals surface area contributed by atoms with E-state index in [4.69, 9.17) is 27.9 Å². The average Bonchev–Trinajstić information content (AvgIpc) is 2.84. The maximum absolute atomic E-state index is 13.0. The Labute approximate surface area is 204 Å². The molecule has 10 heteroatoms. The van der Waals surface area contributed by atoms with Crippen LogP contribution in [0.3, 0.4) is 0 Å². The third-order valence-electron chi connectivity index (χ3n) is 4.73. The van der Waals surface area contributed by atoms with Gasteiger partial charge in [-0.1, -0.05) is 59.6 Å². The number of benzene rings is 3. The molecule has 0 saturated heterocycles. The minimum Gasteiger partial charge on any atom is -0.449 e. The van der Waals surface area contributed by atoms with E-state index >= 15 is 0 Å². The molecule has 0 bridgehead atoms. The normalized spacial score (nSPS) is 11.4. The number of amides is 1. The van der Waals surface area contributed by atoms with Crippen molar-refractivity contribution in [1.29, 1.82) is 0 Å². The van der Waals surface area contributed by atoms with Gasteiger partial charge >= 0.3 is 5.97 Å². The zero-order valence-electron chi connectivity index (χ0n) is 17.6. The highest BCUT2D eigenvalue weighted by Crippen LogP contribution is 2.30. The maximum Gasteiger partial charge on any atom is 0.307 e. The van der Waals surface area contributed by atoms with Crippen LogP contribution >= 0.6 is 23.2 Å². The lowest BCUT2D eigenvalue weighted by molar-refractivity contribution is -0.384. The summed E-state index contributed by atoms with van der Waals surface area (Å²) in [5, 5.41) is 13.9. The molecule has 0 fully saturated rings. The fourth-order valence-electron chi connectivity index (χ4n) is 3.02. The summed E-state index contributed by atoms with van der Waals surface area (Å²) >= 11 is 12.0. The van der Waals surface area contributed by atoms with Crippen molar-refractivity contribution in [3.8, 4) is 0 Å². The van der Waals surface area contributed by atoms with Crippen LogP contribution in [0.25, 0.3) is 0 Å². The number of halogens is 2. The molecule has 0 aliphatic heterocycles. The molecule has 3 aromatic carbocycles. The van der Waals surface area contributed by atoms with Crippen LogP contribution in [0, 0.1) is 10.1 Å². The van der Waals surface area contributed by atoms with Crippen LogP contribution in [0.5, 0.6) is 0 Å². The Morgan fingerprint density at radius 3 is 2.24 bits per heavy atom. The van der Waals surface area contributed by atoms with Gasteiger partial charge in [-0.2, -0.15) is 0 Å². The van der Waals surface area contributed by atoms with Gasteiger partial charge in [-0.05, 0) is 24.3 Å². The number of nitrogens with zero attached hydrogens (tertiary/aromatic N) is 1. The molecular weight excluding hydrogens is 483 g/mol. The van der Waals surface area contributed by atoms with E-state index in [-0.39, 0.29) is 34.1 Å². The molecule has 0 aliphatic rings. The number of Topliss-reactive ketones (excluding diaryl/α,β-unsaturated/α-hetero) is 1. The fourth-order valence-corrected chi connectivity index (χ4v) is 3.36. The first-order valence-corrected chi connectivity index (χ1v) is 10.8. The molecule has 0 heterocycles. The topological polar surface area (TPSA) is 116 Å². The van der Waals surface area contributed by atoms with Crippen LogP contribution in [-0.2, 0) is 14.3 Å². The summed E-state index contributed by atoms with van der Waals surface area (Å²) in [6.07, 6.45) is -1.87. The number of ketones is 1. The molecule has 3 rings (SSSR count). The highest BCUT2D eigenvalue weighted by atomic mass is 35.5. The number of ether oxygens (including phenoxy) is 1. The summed E-state index contributed by atoms with van der Waals surface area (Å²) in [5.74, 6) is -1.79. The summed E-state index contributed by atoms with van der Waals surface area (Å²) in [4.78, 5) is 48.1. The van der Waals surface area contributed by atoms with E-state index < -0.39 is 28.7 Å². The number of hydrogen-bond donors (Lipinski definition) is 1. The lowest BCUT2D eigenvalue weighted by Gasteiger charge is -2.17. The Kier molecular flexibility index (Phi) is 8.34. The minimum absolute atomic E-state index is 0.169. The molecule has 0 aromatic heterocycles. The second kappa shape index (κ2) is 11.4. The van der Waals surface area contributed by atoms with E-state index in [0.29, 0.717) is 11.3 Å². The highest BCUT2D eigenvalue weighted by molar-refractivity contribution is 6.44. The Bertz CT molecular complexity index is 1220. The third kappa shape index (κ3) is 6.40. The van der Waals surface area contributed by atoms with Crippen LogP contribution in [0.15, 0.2) is 72.8 Å². The van der Waals surface area contributed by atoms with Crippen molar-refractivity contribution >= 4 is 52.2 Å². The minimum atomic E-state index is -1.33. The Hall–Kier alpha value is -3.75. The van der Waals surface area contributed by atoms with Gasteiger partial charge in [0.15, 0.2) is 6.10 Å². The van der Waals surface area contributed by atoms with E-state index in [0.717, 1.165) is 0 Å². The molecule has 34 heavy (non-hydrogen) atoms. The van der Waals surface area contributed by atoms with Gasteiger partial charge in [0.2, 0.25) is 11.7 Å². The lowest BCUT2D eigenvalue weighted by Crippen LogP contribution is -2.21. The molecule has 3 aromatic rings. The molecule has 8 nitrogen and oxygen atoms in total. The summed E-state index contributed by atoms with van der Waals surface area (Å²) in [6, 6.07) is 18.1. The third-order valence-corrected chi connectivity index (χ3v) is 5.55. The van der Waals surface area contributed by atoms with Gasteiger partial charge in [0, 0.05) is 29.7 Å². The van der Waals surface area contributed by atoms with E-state index in [1.807, 2.05) is 0 Å². The van der Waals surface area contributed by atoms with E-state index in [2.05, 4.69) is 5.32 Å². The number of esters is 1.